The number of piperidine rings is 2. The van der Waals surface area contributed by atoms with Gasteiger partial charge in [-0.3, -0.25) is 0 Å². The second-order valence-electron chi connectivity index (χ2n) is 5.98. The molecule has 2 rings (SSSR count). The number of rotatable bonds is 4. The van der Waals surface area contributed by atoms with Gasteiger partial charge in [0.1, 0.15) is 0 Å². The molecule has 2 heterocycles. The molecule has 3 heteroatoms. The number of nitrogens with one attached hydrogen (secondary N) is 2. The summed E-state index contributed by atoms with van der Waals surface area (Å²) < 4.78 is 0. The molecule has 0 aromatic rings. The van der Waals surface area contributed by atoms with Crippen molar-refractivity contribution in [3.8, 4) is 0 Å². The van der Waals surface area contributed by atoms with Crippen LogP contribution in [0.4, 0.5) is 0 Å². The molecule has 2 aliphatic heterocycles. The maximum absolute atomic E-state index is 3.59. The topological polar surface area (TPSA) is 27.3 Å². The Labute approximate surface area is 106 Å². The molecule has 17 heavy (non-hydrogen) atoms. The lowest BCUT2D eigenvalue weighted by molar-refractivity contribution is 0.169. The molecular formula is C14H29N3. The summed E-state index contributed by atoms with van der Waals surface area (Å²) >= 11 is 0. The predicted octanol–water partition coefficient (Wildman–Crippen LogP) is 1.31. The maximum Gasteiger partial charge on any atom is 0.00963 e. The normalized spacial score (nSPS) is 30.4. The summed E-state index contributed by atoms with van der Waals surface area (Å²) in [5.74, 6) is 1.80. The van der Waals surface area contributed by atoms with Crippen molar-refractivity contribution in [2.24, 2.45) is 11.8 Å². The van der Waals surface area contributed by atoms with E-state index >= 15 is 0 Å². The van der Waals surface area contributed by atoms with Crippen LogP contribution in [-0.4, -0.2) is 51.2 Å². The van der Waals surface area contributed by atoms with Crippen molar-refractivity contribution in [2.75, 3.05) is 40.3 Å². The largest absolute Gasteiger partial charge is 0.317 e. The molecule has 2 N–H and O–H groups in total. The fraction of sp³-hybridized carbons (Fsp3) is 1.00. The minimum absolute atomic E-state index is 0.744. The SMILES string of the molecule is CNC(CC1CCCNC1)C1CCN(C)CC1. The monoisotopic (exact) mass is 239 g/mol. The van der Waals surface area contributed by atoms with Crippen LogP contribution in [-0.2, 0) is 0 Å². The van der Waals surface area contributed by atoms with Crippen molar-refractivity contribution in [3.63, 3.8) is 0 Å². The molecule has 0 aromatic heterocycles. The molecule has 0 aliphatic carbocycles. The highest BCUT2D eigenvalue weighted by Crippen LogP contribution is 2.26. The smallest absolute Gasteiger partial charge is 0.00963 e. The summed E-state index contributed by atoms with van der Waals surface area (Å²) in [4.78, 5) is 2.46. The van der Waals surface area contributed by atoms with Crippen LogP contribution in [0.3, 0.4) is 0 Å². The van der Waals surface area contributed by atoms with Crippen LogP contribution in [0, 0.1) is 11.8 Å². The van der Waals surface area contributed by atoms with Gasteiger partial charge in [0.05, 0.1) is 0 Å². The third kappa shape index (κ3) is 3.94. The third-order valence-corrected chi connectivity index (χ3v) is 4.69. The van der Waals surface area contributed by atoms with Gasteiger partial charge in [0.15, 0.2) is 0 Å². The van der Waals surface area contributed by atoms with Gasteiger partial charge in [0.25, 0.3) is 0 Å². The molecule has 2 atom stereocenters. The molecule has 0 radical (unpaired) electrons. The van der Waals surface area contributed by atoms with Gasteiger partial charge in [0.2, 0.25) is 0 Å². The minimum Gasteiger partial charge on any atom is -0.317 e. The van der Waals surface area contributed by atoms with E-state index in [2.05, 4.69) is 29.6 Å². The van der Waals surface area contributed by atoms with Gasteiger partial charge < -0.3 is 15.5 Å². The van der Waals surface area contributed by atoms with Gasteiger partial charge in [-0.05, 0) is 84.2 Å². The van der Waals surface area contributed by atoms with Gasteiger partial charge in [0, 0.05) is 6.04 Å². The van der Waals surface area contributed by atoms with Crippen LogP contribution in [0.2, 0.25) is 0 Å². The summed E-state index contributed by atoms with van der Waals surface area (Å²) in [5.41, 5.74) is 0. The standard InChI is InChI=1S/C14H29N3/c1-15-14(10-12-4-3-7-16-11-12)13-5-8-17(2)9-6-13/h12-16H,3-11H2,1-2H3. The maximum atomic E-state index is 3.59. The second-order valence-corrected chi connectivity index (χ2v) is 5.98. The predicted molar refractivity (Wildman–Crippen MR) is 73.3 cm³/mol. The van der Waals surface area contributed by atoms with E-state index in [9.17, 15) is 0 Å². The van der Waals surface area contributed by atoms with E-state index in [1.165, 1.54) is 58.3 Å². The Hall–Kier alpha value is -0.120. The zero-order valence-electron chi connectivity index (χ0n) is 11.5. The van der Waals surface area contributed by atoms with Crippen LogP contribution in [0.15, 0.2) is 0 Å². The van der Waals surface area contributed by atoms with E-state index in [1.807, 2.05) is 0 Å². The fourth-order valence-electron chi connectivity index (χ4n) is 3.46. The minimum atomic E-state index is 0.744. The number of hydrogen-bond acceptors (Lipinski definition) is 3. The van der Waals surface area contributed by atoms with Crippen molar-refractivity contribution >= 4 is 0 Å². The summed E-state index contributed by atoms with van der Waals surface area (Å²) in [7, 11) is 4.40. The molecule has 0 amide bonds. The Kier molecular flexibility index (Phi) is 5.26. The van der Waals surface area contributed by atoms with Crippen LogP contribution in [0.5, 0.6) is 0 Å². The molecule has 2 saturated heterocycles. The quantitative estimate of drug-likeness (QED) is 0.774. The molecule has 0 saturated carbocycles. The number of nitrogens with zero attached hydrogens (tertiary/aromatic N) is 1. The lowest BCUT2D eigenvalue weighted by atomic mass is 9.82. The zero-order valence-corrected chi connectivity index (χ0v) is 11.5. The van der Waals surface area contributed by atoms with Gasteiger partial charge in [-0.2, -0.15) is 0 Å². The van der Waals surface area contributed by atoms with Crippen molar-refractivity contribution in [3.05, 3.63) is 0 Å². The van der Waals surface area contributed by atoms with Crippen molar-refractivity contribution in [2.45, 2.75) is 38.1 Å². The highest BCUT2D eigenvalue weighted by molar-refractivity contribution is 4.84. The summed E-state index contributed by atoms with van der Waals surface area (Å²) in [6.45, 7) is 5.04. The lowest BCUT2D eigenvalue weighted by Gasteiger charge is -2.36. The van der Waals surface area contributed by atoms with Crippen molar-refractivity contribution < 1.29 is 0 Å². The molecule has 0 spiro atoms. The molecule has 3 nitrogen and oxygen atoms in total. The Balaban J connectivity index is 1.78. The summed E-state index contributed by atoms with van der Waals surface area (Å²) in [6.07, 6.45) is 6.93. The summed E-state index contributed by atoms with van der Waals surface area (Å²) in [5, 5.41) is 7.13. The first kappa shape index (κ1) is 13.3. The average Bonchev–Trinajstić information content (AvgIpc) is 2.38. The van der Waals surface area contributed by atoms with E-state index < -0.39 is 0 Å². The first-order valence-electron chi connectivity index (χ1n) is 7.36. The molecule has 0 bridgehead atoms. The van der Waals surface area contributed by atoms with E-state index in [4.69, 9.17) is 0 Å². The Bertz CT molecular complexity index is 206. The van der Waals surface area contributed by atoms with Crippen LogP contribution < -0.4 is 10.6 Å². The lowest BCUT2D eigenvalue weighted by Crippen LogP contribution is -2.43. The highest BCUT2D eigenvalue weighted by atomic mass is 15.1. The van der Waals surface area contributed by atoms with E-state index in [0.717, 1.165) is 17.9 Å². The number of likely N-dealkylation sites (tertiary alicyclic amines) is 1. The molecule has 2 fully saturated rings. The van der Waals surface area contributed by atoms with Crippen LogP contribution >= 0.6 is 0 Å². The van der Waals surface area contributed by atoms with Crippen LogP contribution in [0.25, 0.3) is 0 Å². The Morgan fingerprint density at radius 3 is 2.65 bits per heavy atom. The van der Waals surface area contributed by atoms with Gasteiger partial charge >= 0.3 is 0 Å². The average molecular weight is 239 g/mol. The Morgan fingerprint density at radius 2 is 2.06 bits per heavy atom. The van der Waals surface area contributed by atoms with E-state index in [0.29, 0.717) is 0 Å². The molecule has 0 aromatic carbocycles. The first-order valence-corrected chi connectivity index (χ1v) is 7.36. The van der Waals surface area contributed by atoms with Crippen LogP contribution in [0.1, 0.15) is 32.1 Å². The molecule has 2 aliphatic rings. The molecule has 2 unspecified atom stereocenters. The second kappa shape index (κ2) is 6.72. The van der Waals surface area contributed by atoms with Crippen molar-refractivity contribution in [1.29, 1.82) is 0 Å². The molecular weight excluding hydrogens is 210 g/mol. The van der Waals surface area contributed by atoms with E-state index in [-0.39, 0.29) is 0 Å². The first-order chi connectivity index (χ1) is 8.29. The van der Waals surface area contributed by atoms with Gasteiger partial charge in [-0.1, -0.05) is 0 Å². The van der Waals surface area contributed by atoms with Crippen molar-refractivity contribution in [1.82, 2.24) is 15.5 Å². The highest BCUT2D eigenvalue weighted by Gasteiger charge is 2.27. The Morgan fingerprint density at radius 1 is 1.29 bits per heavy atom. The fourth-order valence-corrected chi connectivity index (χ4v) is 3.46. The number of hydrogen-bond donors (Lipinski definition) is 2. The zero-order chi connectivity index (χ0) is 12.1. The third-order valence-electron chi connectivity index (χ3n) is 4.69. The van der Waals surface area contributed by atoms with Gasteiger partial charge in [-0.25, -0.2) is 0 Å². The van der Waals surface area contributed by atoms with Gasteiger partial charge in [-0.15, -0.1) is 0 Å². The molecule has 100 valence electrons. The van der Waals surface area contributed by atoms with E-state index in [1.54, 1.807) is 0 Å². The summed E-state index contributed by atoms with van der Waals surface area (Å²) in [6, 6.07) is 0.744.